The molecule has 2 aromatic rings. The van der Waals surface area contributed by atoms with E-state index in [1.54, 1.807) is 30.6 Å². The second-order valence-electron chi connectivity index (χ2n) is 5.25. The fourth-order valence-electron chi connectivity index (χ4n) is 2.04. The molecule has 0 aliphatic rings. The predicted molar refractivity (Wildman–Crippen MR) is 90.1 cm³/mol. The Labute approximate surface area is 140 Å². The Hall–Kier alpha value is -2.40. The number of anilines is 1. The Bertz CT molecular complexity index is 704. The number of aromatic nitrogens is 1. The first-order valence-electron chi connectivity index (χ1n) is 7.16. The molecule has 0 fully saturated rings. The molecule has 0 aliphatic carbocycles. The summed E-state index contributed by atoms with van der Waals surface area (Å²) in [5.41, 5.74) is 2.41. The standard InChI is InChI=1S/C17H18ClN3O2/c1-12-5-6-15(8-16(12)18)20-17(23)11-21(13(2)22)10-14-4-3-7-19-9-14/h3-9H,10-11H2,1-2H3,(H,20,23). The summed E-state index contributed by atoms with van der Waals surface area (Å²) >= 11 is 6.04. The molecule has 1 heterocycles. The number of hydrogen-bond donors (Lipinski definition) is 1. The van der Waals surface area contributed by atoms with Crippen molar-refractivity contribution in [1.29, 1.82) is 0 Å². The average Bonchev–Trinajstić information content (AvgIpc) is 2.51. The molecule has 2 amide bonds. The van der Waals surface area contributed by atoms with E-state index in [4.69, 9.17) is 11.6 Å². The summed E-state index contributed by atoms with van der Waals surface area (Å²) in [6, 6.07) is 8.95. The number of halogens is 1. The second-order valence-corrected chi connectivity index (χ2v) is 5.66. The zero-order valence-electron chi connectivity index (χ0n) is 13.0. The van der Waals surface area contributed by atoms with E-state index >= 15 is 0 Å². The van der Waals surface area contributed by atoms with Crippen LogP contribution in [0.15, 0.2) is 42.7 Å². The Balaban J connectivity index is 2.00. The zero-order chi connectivity index (χ0) is 16.8. The summed E-state index contributed by atoms with van der Waals surface area (Å²) < 4.78 is 0. The molecule has 2 rings (SSSR count). The van der Waals surface area contributed by atoms with Crippen molar-refractivity contribution in [3.05, 3.63) is 58.9 Å². The second kappa shape index (κ2) is 7.74. The van der Waals surface area contributed by atoms with Gasteiger partial charge in [0.1, 0.15) is 6.54 Å². The van der Waals surface area contributed by atoms with E-state index in [1.165, 1.54) is 11.8 Å². The zero-order valence-corrected chi connectivity index (χ0v) is 13.8. The highest BCUT2D eigenvalue weighted by Gasteiger charge is 2.14. The number of nitrogens with zero attached hydrogens (tertiary/aromatic N) is 2. The van der Waals surface area contributed by atoms with Crippen molar-refractivity contribution in [1.82, 2.24) is 9.88 Å². The van der Waals surface area contributed by atoms with Gasteiger partial charge < -0.3 is 10.2 Å². The third-order valence-corrected chi connectivity index (χ3v) is 3.74. The van der Waals surface area contributed by atoms with Crippen LogP contribution in [0.5, 0.6) is 0 Å². The van der Waals surface area contributed by atoms with Gasteiger partial charge in [-0.2, -0.15) is 0 Å². The fourth-order valence-corrected chi connectivity index (χ4v) is 2.22. The van der Waals surface area contributed by atoms with Crippen molar-refractivity contribution in [3.8, 4) is 0 Å². The lowest BCUT2D eigenvalue weighted by Gasteiger charge is -2.20. The minimum absolute atomic E-state index is 0.0320. The van der Waals surface area contributed by atoms with Gasteiger partial charge in [0.25, 0.3) is 0 Å². The fraction of sp³-hybridized carbons (Fsp3) is 0.235. The van der Waals surface area contributed by atoms with E-state index < -0.39 is 0 Å². The number of rotatable bonds is 5. The number of aryl methyl sites for hydroxylation is 1. The molecule has 6 heteroatoms. The van der Waals surface area contributed by atoms with Gasteiger partial charge in [-0.25, -0.2) is 0 Å². The summed E-state index contributed by atoms with van der Waals surface area (Å²) in [5, 5.41) is 3.33. The number of nitrogens with one attached hydrogen (secondary N) is 1. The van der Waals surface area contributed by atoms with Crippen LogP contribution in [-0.2, 0) is 16.1 Å². The van der Waals surface area contributed by atoms with Gasteiger partial charge in [-0.1, -0.05) is 23.7 Å². The lowest BCUT2D eigenvalue weighted by Crippen LogP contribution is -2.36. The van der Waals surface area contributed by atoms with Crippen LogP contribution in [0.1, 0.15) is 18.1 Å². The third kappa shape index (κ3) is 5.07. The van der Waals surface area contributed by atoms with Crippen molar-refractivity contribution >= 4 is 29.1 Å². The number of benzene rings is 1. The van der Waals surface area contributed by atoms with E-state index in [9.17, 15) is 9.59 Å². The van der Waals surface area contributed by atoms with Crippen molar-refractivity contribution in [2.75, 3.05) is 11.9 Å². The largest absolute Gasteiger partial charge is 0.329 e. The first-order valence-corrected chi connectivity index (χ1v) is 7.54. The van der Waals surface area contributed by atoms with Gasteiger partial charge in [-0.3, -0.25) is 14.6 Å². The van der Waals surface area contributed by atoms with Crippen LogP contribution < -0.4 is 5.32 Å². The molecule has 1 aromatic carbocycles. The van der Waals surface area contributed by atoms with Gasteiger partial charge in [0.2, 0.25) is 11.8 Å². The van der Waals surface area contributed by atoms with E-state index in [1.807, 2.05) is 19.1 Å². The lowest BCUT2D eigenvalue weighted by atomic mass is 10.2. The number of carbonyl (C=O) groups is 2. The summed E-state index contributed by atoms with van der Waals surface area (Å²) in [6.07, 6.45) is 3.34. The van der Waals surface area contributed by atoms with Crippen LogP contribution in [0.2, 0.25) is 5.02 Å². The molecule has 0 unspecified atom stereocenters. The van der Waals surface area contributed by atoms with Gasteiger partial charge >= 0.3 is 0 Å². The minimum Gasteiger partial charge on any atom is -0.329 e. The van der Waals surface area contributed by atoms with Crippen molar-refractivity contribution in [2.45, 2.75) is 20.4 Å². The van der Waals surface area contributed by atoms with Gasteiger partial charge in [-0.15, -0.1) is 0 Å². The summed E-state index contributed by atoms with van der Waals surface area (Å²) in [4.78, 5) is 29.4. The third-order valence-electron chi connectivity index (χ3n) is 3.33. The smallest absolute Gasteiger partial charge is 0.244 e. The highest BCUT2D eigenvalue weighted by Crippen LogP contribution is 2.19. The van der Waals surface area contributed by atoms with Crippen LogP contribution in [0.25, 0.3) is 0 Å². The molecule has 0 aliphatic heterocycles. The molecule has 0 radical (unpaired) electrons. The van der Waals surface area contributed by atoms with Crippen LogP contribution in [0, 0.1) is 6.92 Å². The first-order chi connectivity index (χ1) is 11.0. The molecular weight excluding hydrogens is 314 g/mol. The van der Waals surface area contributed by atoms with Crippen LogP contribution in [-0.4, -0.2) is 28.2 Å². The molecular formula is C17H18ClN3O2. The Morgan fingerprint density at radius 2 is 2.09 bits per heavy atom. The van der Waals surface area contributed by atoms with Crippen LogP contribution in [0.3, 0.4) is 0 Å². The number of hydrogen-bond acceptors (Lipinski definition) is 3. The molecule has 23 heavy (non-hydrogen) atoms. The Morgan fingerprint density at radius 1 is 1.30 bits per heavy atom. The van der Waals surface area contributed by atoms with Crippen molar-refractivity contribution < 1.29 is 9.59 Å². The quantitative estimate of drug-likeness (QED) is 0.916. The van der Waals surface area contributed by atoms with E-state index in [2.05, 4.69) is 10.3 Å². The Morgan fingerprint density at radius 3 is 2.70 bits per heavy atom. The summed E-state index contributed by atoms with van der Waals surface area (Å²) in [7, 11) is 0. The van der Waals surface area contributed by atoms with E-state index in [-0.39, 0.29) is 18.4 Å². The Kier molecular flexibility index (Phi) is 5.71. The molecule has 5 nitrogen and oxygen atoms in total. The van der Waals surface area contributed by atoms with E-state index in [0.29, 0.717) is 17.3 Å². The van der Waals surface area contributed by atoms with Gasteiger partial charge in [0.15, 0.2) is 0 Å². The molecule has 1 aromatic heterocycles. The highest BCUT2D eigenvalue weighted by molar-refractivity contribution is 6.31. The number of carbonyl (C=O) groups excluding carboxylic acids is 2. The maximum Gasteiger partial charge on any atom is 0.244 e. The monoisotopic (exact) mass is 331 g/mol. The van der Waals surface area contributed by atoms with Gasteiger partial charge in [-0.05, 0) is 36.2 Å². The summed E-state index contributed by atoms with van der Waals surface area (Å²) in [6.45, 7) is 3.63. The minimum atomic E-state index is -0.274. The predicted octanol–water partition coefficient (Wildman–Crippen LogP) is 3.03. The lowest BCUT2D eigenvalue weighted by molar-refractivity contribution is -0.133. The average molecular weight is 332 g/mol. The molecule has 0 atom stereocenters. The first kappa shape index (κ1) is 17.0. The van der Waals surface area contributed by atoms with Crippen molar-refractivity contribution in [3.63, 3.8) is 0 Å². The van der Waals surface area contributed by atoms with Gasteiger partial charge in [0, 0.05) is 36.6 Å². The van der Waals surface area contributed by atoms with E-state index in [0.717, 1.165) is 11.1 Å². The molecule has 1 N–H and O–H groups in total. The number of pyridine rings is 1. The summed E-state index contributed by atoms with van der Waals surface area (Å²) in [5.74, 6) is -0.449. The van der Waals surface area contributed by atoms with Gasteiger partial charge in [0.05, 0.1) is 0 Å². The normalized spacial score (nSPS) is 10.2. The topological polar surface area (TPSA) is 62.3 Å². The van der Waals surface area contributed by atoms with Crippen LogP contribution >= 0.6 is 11.6 Å². The molecule has 0 bridgehead atoms. The maximum atomic E-state index is 12.2. The maximum absolute atomic E-state index is 12.2. The molecule has 0 spiro atoms. The SMILES string of the molecule is CC(=O)N(CC(=O)Nc1ccc(C)c(Cl)c1)Cc1cccnc1. The van der Waals surface area contributed by atoms with Crippen molar-refractivity contribution in [2.24, 2.45) is 0 Å². The number of amides is 2. The highest BCUT2D eigenvalue weighted by atomic mass is 35.5. The molecule has 0 saturated heterocycles. The molecule has 0 saturated carbocycles. The molecule has 120 valence electrons. The van der Waals surface area contributed by atoms with Crippen LogP contribution in [0.4, 0.5) is 5.69 Å².